The van der Waals surface area contributed by atoms with Crippen molar-refractivity contribution in [3.8, 4) is 11.1 Å². The van der Waals surface area contributed by atoms with Crippen LogP contribution in [0.2, 0.25) is 0 Å². The number of esters is 2. The molecule has 0 bridgehead atoms. The molecule has 1 aliphatic rings. The zero-order valence-electron chi connectivity index (χ0n) is 16.4. The van der Waals surface area contributed by atoms with Gasteiger partial charge in [0.05, 0.1) is 31.0 Å². The summed E-state index contributed by atoms with van der Waals surface area (Å²) in [7, 11) is 2.41. The number of benzene rings is 2. The van der Waals surface area contributed by atoms with E-state index in [9.17, 15) is 19.5 Å². The molecular formula is C23H19NO6. The van der Waals surface area contributed by atoms with Gasteiger partial charge in [-0.15, -0.1) is 0 Å². The average Bonchev–Trinajstić information content (AvgIpc) is 3.01. The lowest BCUT2D eigenvalue weighted by atomic mass is 9.96. The van der Waals surface area contributed by atoms with Crippen molar-refractivity contribution in [2.24, 2.45) is 0 Å². The maximum absolute atomic E-state index is 12.7. The van der Waals surface area contributed by atoms with Gasteiger partial charge in [-0.1, -0.05) is 42.5 Å². The molecule has 7 nitrogen and oxygen atoms in total. The van der Waals surface area contributed by atoms with Gasteiger partial charge in [0.15, 0.2) is 0 Å². The number of hydrogen-bond donors (Lipinski definition) is 1. The summed E-state index contributed by atoms with van der Waals surface area (Å²) in [6.45, 7) is 0. The molecule has 0 fully saturated rings. The number of aromatic carboxylic acids is 1. The van der Waals surface area contributed by atoms with Gasteiger partial charge in [0.1, 0.15) is 5.70 Å². The monoisotopic (exact) mass is 405 g/mol. The number of ether oxygens (including phenoxy) is 2. The van der Waals surface area contributed by atoms with E-state index in [0.717, 1.165) is 0 Å². The Morgan fingerprint density at radius 2 is 1.57 bits per heavy atom. The lowest BCUT2D eigenvalue weighted by Crippen LogP contribution is -2.27. The van der Waals surface area contributed by atoms with Gasteiger partial charge in [-0.05, 0) is 29.8 Å². The first-order chi connectivity index (χ1) is 14.5. The maximum atomic E-state index is 12.7. The normalized spacial score (nSPS) is 13.1. The molecule has 0 unspecified atom stereocenters. The van der Waals surface area contributed by atoms with Gasteiger partial charge in [0, 0.05) is 11.8 Å². The minimum Gasteiger partial charge on any atom is -0.478 e. The fourth-order valence-corrected chi connectivity index (χ4v) is 3.18. The zero-order chi connectivity index (χ0) is 21.7. The molecule has 0 radical (unpaired) electrons. The summed E-state index contributed by atoms with van der Waals surface area (Å²) >= 11 is 0. The van der Waals surface area contributed by atoms with Crippen LogP contribution in [0.15, 0.2) is 84.2 Å². The molecule has 1 N–H and O–H groups in total. The molecule has 152 valence electrons. The van der Waals surface area contributed by atoms with Gasteiger partial charge in [-0.3, -0.25) is 0 Å². The molecule has 7 heteroatoms. The predicted octanol–water partition coefficient (Wildman–Crippen LogP) is 3.54. The minimum atomic E-state index is -1.12. The topological polar surface area (TPSA) is 93.1 Å². The molecule has 0 atom stereocenters. The number of hydrogen-bond acceptors (Lipinski definition) is 6. The van der Waals surface area contributed by atoms with E-state index in [2.05, 4.69) is 0 Å². The summed E-state index contributed by atoms with van der Waals surface area (Å²) in [6, 6.07) is 13.7. The van der Waals surface area contributed by atoms with Crippen LogP contribution in [0.25, 0.3) is 11.1 Å². The second kappa shape index (κ2) is 8.91. The summed E-state index contributed by atoms with van der Waals surface area (Å²) in [5, 5.41) is 9.78. The zero-order valence-corrected chi connectivity index (χ0v) is 16.4. The number of carboxylic acids is 1. The standard InChI is InChI=1S/C23H19NO6/c1-29-22(27)17-11-6-7-14-24(20(17)23(28)30-2)18-13-8-12-16(21(25)26)19(18)15-9-4-3-5-10-15/h3-14H,1-2H3,(H,25,26). The number of anilines is 1. The number of carbonyl (C=O) groups excluding carboxylic acids is 2. The maximum Gasteiger partial charge on any atom is 0.355 e. The van der Waals surface area contributed by atoms with Crippen molar-refractivity contribution in [3.05, 3.63) is 89.8 Å². The van der Waals surface area contributed by atoms with E-state index in [4.69, 9.17) is 9.47 Å². The number of allylic oxidation sites excluding steroid dienone is 2. The van der Waals surface area contributed by atoms with Crippen molar-refractivity contribution in [1.82, 2.24) is 0 Å². The van der Waals surface area contributed by atoms with Crippen LogP contribution in [0.4, 0.5) is 5.69 Å². The van der Waals surface area contributed by atoms with Gasteiger partial charge < -0.3 is 19.5 Å². The SMILES string of the molecule is COC(=O)C1=C(C(=O)OC)N(c2cccc(C(=O)O)c2-c2ccccc2)C=CC=C1. The van der Waals surface area contributed by atoms with E-state index in [1.807, 2.05) is 6.07 Å². The number of nitrogens with zero attached hydrogens (tertiary/aromatic N) is 1. The van der Waals surface area contributed by atoms with Crippen LogP contribution in [0.3, 0.4) is 0 Å². The predicted molar refractivity (Wildman–Crippen MR) is 111 cm³/mol. The molecule has 1 aliphatic heterocycles. The molecule has 1 heterocycles. The Morgan fingerprint density at radius 3 is 2.20 bits per heavy atom. The minimum absolute atomic E-state index is 0.0194. The Labute approximate surface area is 173 Å². The first-order valence-corrected chi connectivity index (χ1v) is 8.96. The summed E-state index contributed by atoms with van der Waals surface area (Å²) in [5.41, 5.74) is 1.36. The van der Waals surface area contributed by atoms with E-state index in [-0.39, 0.29) is 16.8 Å². The first-order valence-electron chi connectivity index (χ1n) is 8.96. The highest BCUT2D eigenvalue weighted by Crippen LogP contribution is 2.37. The van der Waals surface area contributed by atoms with E-state index >= 15 is 0 Å². The average molecular weight is 405 g/mol. The van der Waals surface area contributed by atoms with Crippen LogP contribution in [0, 0.1) is 0 Å². The number of methoxy groups -OCH3 is 2. The third-order valence-electron chi connectivity index (χ3n) is 4.48. The molecule has 0 aromatic heterocycles. The van der Waals surface area contributed by atoms with Crippen LogP contribution in [-0.2, 0) is 19.1 Å². The highest BCUT2D eigenvalue weighted by atomic mass is 16.5. The highest BCUT2D eigenvalue weighted by Gasteiger charge is 2.30. The molecule has 0 amide bonds. The van der Waals surface area contributed by atoms with Crippen molar-refractivity contribution in [3.63, 3.8) is 0 Å². The molecule has 2 aromatic rings. The summed E-state index contributed by atoms with van der Waals surface area (Å²) < 4.78 is 9.74. The largest absolute Gasteiger partial charge is 0.478 e. The molecule has 0 saturated heterocycles. The molecule has 30 heavy (non-hydrogen) atoms. The van der Waals surface area contributed by atoms with Gasteiger partial charge in [-0.2, -0.15) is 0 Å². The van der Waals surface area contributed by atoms with Crippen LogP contribution >= 0.6 is 0 Å². The van der Waals surface area contributed by atoms with Crippen LogP contribution in [0.5, 0.6) is 0 Å². The lowest BCUT2D eigenvalue weighted by Gasteiger charge is -2.26. The summed E-state index contributed by atoms with van der Waals surface area (Å²) in [4.78, 5) is 38.5. The third-order valence-corrected chi connectivity index (χ3v) is 4.48. The first kappa shape index (κ1) is 20.6. The molecule has 3 rings (SSSR count). The second-order valence-electron chi connectivity index (χ2n) is 6.19. The van der Waals surface area contributed by atoms with Crippen molar-refractivity contribution < 1.29 is 29.0 Å². The Kier molecular flexibility index (Phi) is 6.12. The summed E-state index contributed by atoms with van der Waals surface area (Å²) in [6.07, 6.45) is 6.21. The van der Waals surface area contributed by atoms with Crippen molar-refractivity contribution in [1.29, 1.82) is 0 Å². The van der Waals surface area contributed by atoms with Gasteiger partial charge in [-0.25, -0.2) is 14.4 Å². The Balaban J connectivity index is 2.35. The van der Waals surface area contributed by atoms with Gasteiger partial charge >= 0.3 is 17.9 Å². The van der Waals surface area contributed by atoms with E-state index < -0.39 is 17.9 Å². The van der Waals surface area contributed by atoms with Crippen molar-refractivity contribution in [2.45, 2.75) is 0 Å². The third kappa shape index (κ3) is 3.86. The summed E-state index contributed by atoms with van der Waals surface area (Å²) in [5.74, 6) is -2.62. The quantitative estimate of drug-likeness (QED) is 0.761. The molecule has 0 aliphatic carbocycles. The Morgan fingerprint density at radius 1 is 0.867 bits per heavy atom. The molecular weight excluding hydrogens is 386 g/mol. The molecule has 2 aromatic carbocycles. The van der Waals surface area contributed by atoms with Gasteiger partial charge in [0.2, 0.25) is 0 Å². The van der Waals surface area contributed by atoms with E-state index in [0.29, 0.717) is 16.8 Å². The Hall–Kier alpha value is -4.13. The number of carboxylic acid groups (broad SMARTS) is 1. The lowest BCUT2D eigenvalue weighted by molar-refractivity contribution is -0.139. The molecule has 0 spiro atoms. The van der Waals surface area contributed by atoms with Crippen LogP contribution in [0.1, 0.15) is 10.4 Å². The highest BCUT2D eigenvalue weighted by molar-refractivity contribution is 6.07. The fourth-order valence-electron chi connectivity index (χ4n) is 3.18. The van der Waals surface area contributed by atoms with Crippen molar-refractivity contribution >= 4 is 23.6 Å². The smallest absolute Gasteiger partial charge is 0.355 e. The van der Waals surface area contributed by atoms with Crippen LogP contribution < -0.4 is 4.90 Å². The fraction of sp³-hybridized carbons (Fsp3) is 0.0870. The van der Waals surface area contributed by atoms with Crippen LogP contribution in [-0.4, -0.2) is 37.2 Å². The van der Waals surface area contributed by atoms with E-state index in [1.165, 1.54) is 31.3 Å². The Bertz CT molecular complexity index is 1080. The number of carbonyl (C=O) groups is 3. The van der Waals surface area contributed by atoms with Crippen molar-refractivity contribution in [2.75, 3.05) is 19.1 Å². The molecule has 0 saturated carbocycles. The van der Waals surface area contributed by atoms with E-state index in [1.54, 1.807) is 54.8 Å². The van der Waals surface area contributed by atoms with Gasteiger partial charge in [0.25, 0.3) is 0 Å². The number of rotatable bonds is 5. The second-order valence-corrected chi connectivity index (χ2v) is 6.19.